The molecule has 0 bridgehead atoms. The van der Waals surface area contributed by atoms with Crippen LogP contribution in [0.4, 0.5) is 5.69 Å². The Hall–Kier alpha value is -1.89. The van der Waals surface area contributed by atoms with Crippen molar-refractivity contribution in [1.29, 1.82) is 0 Å². The largest absolute Gasteiger partial charge is 0.325 e. The van der Waals surface area contributed by atoms with Crippen molar-refractivity contribution < 1.29 is 4.79 Å². The van der Waals surface area contributed by atoms with Crippen LogP contribution in [-0.4, -0.2) is 31.9 Å². The number of thioether (sulfide) groups is 1. The Morgan fingerprint density at radius 1 is 1.32 bits per heavy atom. The maximum atomic E-state index is 12.1. The van der Waals surface area contributed by atoms with Crippen LogP contribution in [0.25, 0.3) is 0 Å². The predicted octanol–water partition coefficient (Wildman–Crippen LogP) is 2.78. The van der Waals surface area contributed by atoms with Crippen molar-refractivity contribution in [3.8, 4) is 0 Å². The van der Waals surface area contributed by atoms with E-state index in [1.54, 1.807) is 4.68 Å². The van der Waals surface area contributed by atoms with Crippen molar-refractivity contribution in [2.24, 2.45) is 0 Å². The van der Waals surface area contributed by atoms with Crippen molar-refractivity contribution in [3.63, 3.8) is 0 Å². The van der Waals surface area contributed by atoms with E-state index >= 15 is 0 Å². The first-order valence-corrected chi connectivity index (χ1v) is 8.04. The zero-order valence-corrected chi connectivity index (χ0v) is 14.4. The second kappa shape index (κ2) is 6.48. The van der Waals surface area contributed by atoms with Crippen LogP contribution < -0.4 is 5.32 Å². The molecule has 2 aromatic rings. The van der Waals surface area contributed by atoms with Crippen LogP contribution in [0.2, 0.25) is 0 Å². The van der Waals surface area contributed by atoms with Crippen molar-refractivity contribution in [3.05, 3.63) is 29.3 Å². The zero-order chi connectivity index (χ0) is 16.3. The van der Waals surface area contributed by atoms with Crippen molar-refractivity contribution in [1.82, 2.24) is 20.2 Å². The third-order valence-electron chi connectivity index (χ3n) is 3.06. The summed E-state index contributed by atoms with van der Waals surface area (Å²) >= 11 is 1.33. The first-order valence-electron chi connectivity index (χ1n) is 7.06. The molecule has 0 spiro atoms. The SMILES string of the molecule is Cc1ccc(NC(=O)CSc2nnnn2C(C)(C)C)c(C)c1. The number of hydrogen-bond donors (Lipinski definition) is 1. The fourth-order valence-electron chi connectivity index (χ4n) is 1.96. The minimum atomic E-state index is -0.212. The van der Waals surface area contributed by atoms with Gasteiger partial charge >= 0.3 is 0 Å². The average Bonchev–Trinajstić information content (AvgIpc) is 2.88. The number of tetrazole rings is 1. The van der Waals surface area contributed by atoms with Gasteiger partial charge in [0.1, 0.15) is 0 Å². The summed E-state index contributed by atoms with van der Waals surface area (Å²) in [5.74, 6) is 0.199. The molecule has 0 atom stereocenters. The molecule has 6 nitrogen and oxygen atoms in total. The monoisotopic (exact) mass is 319 g/mol. The highest BCUT2D eigenvalue weighted by atomic mass is 32.2. The molecule has 2 rings (SSSR count). The summed E-state index contributed by atoms with van der Waals surface area (Å²) < 4.78 is 1.72. The van der Waals surface area contributed by atoms with Gasteiger partial charge in [-0.2, -0.15) is 0 Å². The van der Waals surface area contributed by atoms with Crippen molar-refractivity contribution in [2.45, 2.75) is 45.3 Å². The van der Waals surface area contributed by atoms with Crippen LogP contribution in [-0.2, 0) is 10.3 Å². The molecule has 0 aliphatic carbocycles. The Morgan fingerprint density at radius 3 is 2.68 bits per heavy atom. The maximum absolute atomic E-state index is 12.1. The number of benzene rings is 1. The summed E-state index contributed by atoms with van der Waals surface area (Å²) in [6.45, 7) is 10.1. The second-order valence-electron chi connectivity index (χ2n) is 6.20. The lowest BCUT2D eigenvalue weighted by Crippen LogP contribution is -2.24. The lowest BCUT2D eigenvalue weighted by Gasteiger charge is -2.19. The highest BCUT2D eigenvalue weighted by molar-refractivity contribution is 7.99. The molecule has 1 heterocycles. The molecular weight excluding hydrogens is 298 g/mol. The Labute approximate surface area is 134 Å². The predicted molar refractivity (Wildman–Crippen MR) is 88.1 cm³/mol. The minimum absolute atomic E-state index is 0.0691. The van der Waals surface area contributed by atoms with E-state index in [-0.39, 0.29) is 17.2 Å². The molecule has 1 aromatic heterocycles. The standard InChI is InChI=1S/C15H21N5OS/c1-10-6-7-12(11(2)8-10)16-13(21)9-22-14-17-18-19-20(14)15(3,4)5/h6-8H,9H2,1-5H3,(H,16,21). The molecule has 0 aliphatic rings. The van der Waals surface area contributed by atoms with Crippen LogP contribution in [0, 0.1) is 13.8 Å². The van der Waals surface area contributed by atoms with Gasteiger partial charge in [-0.3, -0.25) is 4.79 Å². The van der Waals surface area contributed by atoms with Gasteiger partial charge in [0.25, 0.3) is 0 Å². The summed E-state index contributed by atoms with van der Waals surface area (Å²) in [7, 11) is 0. The quantitative estimate of drug-likeness (QED) is 0.877. The highest BCUT2D eigenvalue weighted by Gasteiger charge is 2.20. The van der Waals surface area contributed by atoms with Crippen molar-refractivity contribution in [2.75, 3.05) is 11.1 Å². The highest BCUT2D eigenvalue weighted by Crippen LogP contribution is 2.22. The van der Waals surface area contributed by atoms with E-state index in [2.05, 4.69) is 20.8 Å². The maximum Gasteiger partial charge on any atom is 0.234 e. The number of hydrogen-bond acceptors (Lipinski definition) is 5. The lowest BCUT2D eigenvalue weighted by atomic mass is 10.1. The number of carbonyl (C=O) groups excluding carboxylic acids is 1. The summed E-state index contributed by atoms with van der Waals surface area (Å²) in [6.07, 6.45) is 0. The Kier molecular flexibility index (Phi) is 4.85. The van der Waals surface area contributed by atoms with E-state index < -0.39 is 0 Å². The van der Waals surface area contributed by atoms with E-state index in [1.807, 2.05) is 52.8 Å². The fraction of sp³-hybridized carbons (Fsp3) is 0.467. The molecule has 22 heavy (non-hydrogen) atoms. The van der Waals surface area contributed by atoms with Crippen LogP contribution in [0.5, 0.6) is 0 Å². The van der Waals surface area contributed by atoms with Crippen LogP contribution >= 0.6 is 11.8 Å². The molecule has 0 unspecified atom stereocenters. The second-order valence-corrected chi connectivity index (χ2v) is 7.14. The molecule has 0 saturated heterocycles. The zero-order valence-electron chi connectivity index (χ0n) is 13.5. The van der Waals surface area contributed by atoms with E-state index in [4.69, 9.17) is 0 Å². The van der Waals surface area contributed by atoms with Gasteiger partial charge in [-0.15, -0.1) is 5.10 Å². The summed E-state index contributed by atoms with van der Waals surface area (Å²) in [5, 5.41) is 15.2. The number of nitrogens with one attached hydrogen (secondary N) is 1. The summed E-state index contributed by atoms with van der Waals surface area (Å²) in [6, 6.07) is 5.95. The lowest BCUT2D eigenvalue weighted by molar-refractivity contribution is -0.113. The van der Waals surface area contributed by atoms with E-state index in [0.29, 0.717) is 5.16 Å². The molecule has 0 aliphatic heterocycles. The van der Waals surface area contributed by atoms with E-state index in [0.717, 1.165) is 11.3 Å². The van der Waals surface area contributed by atoms with Gasteiger partial charge in [-0.25, -0.2) is 4.68 Å². The van der Waals surface area contributed by atoms with Gasteiger partial charge in [0.15, 0.2) is 0 Å². The van der Waals surface area contributed by atoms with Crippen LogP contribution in [0.1, 0.15) is 31.9 Å². The number of amides is 1. The third kappa shape index (κ3) is 4.07. The molecule has 0 fully saturated rings. The summed E-state index contributed by atoms with van der Waals surface area (Å²) in [5.41, 5.74) is 2.86. The molecule has 1 N–H and O–H groups in total. The van der Waals surface area contributed by atoms with E-state index in [1.165, 1.54) is 17.3 Å². The molecule has 0 radical (unpaired) electrons. The number of anilines is 1. The Balaban J connectivity index is 1.98. The number of nitrogens with zero attached hydrogens (tertiary/aromatic N) is 4. The summed E-state index contributed by atoms with van der Waals surface area (Å²) in [4.78, 5) is 12.1. The molecule has 0 saturated carbocycles. The smallest absolute Gasteiger partial charge is 0.234 e. The Bertz CT molecular complexity index is 675. The first-order chi connectivity index (χ1) is 10.3. The van der Waals surface area contributed by atoms with Gasteiger partial charge in [-0.05, 0) is 56.7 Å². The molecule has 7 heteroatoms. The average molecular weight is 319 g/mol. The van der Waals surface area contributed by atoms with Gasteiger partial charge in [0.2, 0.25) is 11.1 Å². The van der Waals surface area contributed by atoms with Crippen LogP contribution in [0.3, 0.4) is 0 Å². The number of rotatable bonds is 4. The van der Waals surface area contributed by atoms with Gasteiger partial charge < -0.3 is 5.32 Å². The topological polar surface area (TPSA) is 72.7 Å². The van der Waals surface area contributed by atoms with Gasteiger partial charge in [-0.1, -0.05) is 29.5 Å². The number of carbonyl (C=O) groups is 1. The Morgan fingerprint density at radius 2 is 2.05 bits per heavy atom. The third-order valence-corrected chi connectivity index (χ3v) is 3.98. The fourth-order valence-corrected chi connectivity index (χ4v) is 2.82. The first kappa shape index (κ1) is 16.5. The molecule has 1 aromatic carbocycles. The van der Waals surface area contributed by atoms with Gasteiger partial charge in [0.05, 0.1) is 11.3 Å². The molecule has 118 valence electrons. The molecule has 1 amide bonds. The number of aryl methyl sites for hydroxylation is 2. The normalized spacial score (nSPS) is 11.5. The van der Waals surface area contributed by atoms with Crippen LogP contribution in [0.15, 0.2) is 23.4 Å². The number of aromatic nitrogens is 4. The van der Waals surface area contributed by atoms with E-state index in [9.17, 15) is 4.79 Å². The van der Waals surface area contributed by atoms with Gasteiger partial charge in [0, 0.05) is 5.69 Å². The molecular formula is C15H21N5OS. The minimum Gasteiger partial charge on any atom is -0.325 e. The van der Waals surface area contributed by atoms with Crippen molar-refractivity contribution >= 4 is 23.4 Å².